The zero-order valence-electron chi connectivity index (χ0n) is 11.0. The first-order valence-electron chi connectivity index (χ1n) is 5.76. The van der Waals surface area contributed by atoms with Crippen LogP contribution >= 0.6 is 0 Å². The van der Waals surface area contributed by atoms with Gasteiger partial charge >= 0.3 is 0 Å². The average Bonchev–Trinajstić information content (AvgIpc) is 2.35. The summed E-state index contributed by atoms with van der Waals surface area (Å²) in [5.74, 6) is 1.47. The zero-order chi connectivity index (χ0) is 12.8. The molecule has 1 unspecified atom stereocenters. The minimum Gasteiger partial charge on any atom is -0.493 e. The quantitative estimate of drug-likeness (QED) is 0.790. The topological polar surface area (TPSA) is 56.5 Å². The largest absolute Gasteiger partial charge is 0.493 e. The number of hydrogen-bond donors (Lipinski definition) is 2. The summed E-state index contributed by atoms with van der Waals surface area (Å²) in [7, 11) is 5.20. The first kappa shape index (κ1) is 13.8. The van der Waals surface area contributed by atoms with E-state index in [-0.39, 0.29) is 6.04 Å². The van der Waals surface area contributed by atoms with Crippen LogP contribution in [0.15, 0.2) is 12.1 Å². The molecule has 4 heteroatoms. The van der Waals surface area contributed by atoms with Gasteiger partial charge in [0.2, 0.25) is 0 Å². The number of aryl methyl sites for hydroxylation is 1. The highest BCUT2D eigenvalue weighted by Gasteiger charge is 2.13. The molecule has 0 aromatic heterocycles. The van der Waals surface area contributed by atoms with Crippen LogP contribution in [0.3, 0.4) is 0 Å². The highest BCUT2D eigenvalue weighted by atomic mass is 16.5. The van der Waals surface area contributed by atoms with Crippen LogP contribution in [-0.4, -0.2) is 27.8 Å². The maximum atomic E-state index is 6.16. The summed E-state index contributed by atoms with van der Waals surface area (Å²) in [6.45, 7) is 2.94. The van der Waals surface area contributed by atoms with Crippen molar-refractivity contribution in [2.75, 3.05) is 27.8 Å². The molecule has 0 saturated carbocycles. The molecule has 0 aliphatic heterocycles. The van der Waals surface area contributed by atoms with Gasteiger partial charge in [0.05, 0.1) is 14.2 Å². The Morgan fingerprint density at radius 2 is 1.82 bits per heavy atom. The van der Waals surface area contributed by atoms with E-state index in [0.29, 0.717) is 0 Å². The fourth-order valence-corrected chi connectivity index (χ4v) is 1.85. The first-order valence-corrected chi connectivity index (χ1v) is 5.76. The zero-order valence-corrected chi connectivity index (χ0v) is 11.0. The van der Waals surface area contributed by atoms with Crippen molar-refractivity contribution in [2.24, 2.45) is 5.73 Å². The van der Waals surface area contributed by atoms with Gasteiger partial charge in [0, 0.05) is 6.04 Å². The predicted molar refractivity (Wildman–Crippen MR) is 69.8 cm³/mol. The Kier molecular flexibility index (Phi) is 5.25. The number of nitrogens with one attached hydrogen (secondary N) is 1. The Balaban J connectivity index is 2.99. The molecule has 4 nitrogen and oxygen atoms in total. The van der Waals surface area contributed by atoms with E-state index in [9.17, 15) is 0 Å². The number of hydrogen-bond acceptors (Lipinski definition) is 4. The Hall–Kier alpha value is -1.26. The van der Waals surface area contributed by atoms with Gasteiger partial charge in [0.25, 0.3) is 0 Å². The van der Waals surface area contributed by atoms with Crippen molar-refractivity contribution in [3.05, 3.63) is 23.3 Å². The van der Waals surface area contributed by atoms with E-state index in [4.69, 9.17) is 15.2 Å². The molecule has 1 atom stereocenters. The maximum Gasteiger partial charge on any atom is 0.161 e. The van der Waals surface area contributed by atoms with Crippen molar-refractivity contribution < 1.29 is 9.47 Å². The molecule has 3 N–H and O–H groups in total. The smallest absolute Gasteiger partial charge is 0.161 e. The minimum absolute atomic E-state index is 0.0160. The molecule has 0 fully saturated rings. The molecule has 1 aromatic carbocycles. The fourth-order valence-electron chi connectivity index (χ4n) is 1.85. The third kappa shape index (κ3) is 3.35. The fraction of sp³-hybridized carbons (Fsp3) is 0.538. The van der Waals surface area contributed by atoms with Crippen LogP contribution in [0.1, 0.15) is 23.6 Å². The van der Waals surface area contributed by atoms with Gasteiger partial charge in [0.1, 0.15) is 0 Å². The number of rotatable bonds is 6. The molecule has 0 spiro atoms. The highest BCUT2D eigenvalue weighted by Crippen LogP contribution is 2.32. The number of ether oxygens (including phenoxy) is 2. The average molecular weight is 238 g/mol. The maximum absolute atomic E-state index is 6.16. The van der Waals surface area contributed by atoms with Crippen LogP contribution in [-0.2, 0) is 0 Å². The Morgan fingerprint density at radius 3 is 2.35 bits per heavy atom. The molecule has 0 radical (unpaired) electrons. The number of methoxy groups -OCH3 is 2. The lowest BCUT2D eigenvalue weighted by atomic mass is 9.98. The van der Waals surface area contributed by atoms with Crippen LogP contribution in [0.4, 0.5) is 0 Å². The van der Waals surface area contributed by atoms with Gasteiger partial charge in [-0.15, -0.1) is 0 Å². The molecule has 96 valence electrons. The van der Waals surface area contributed by atoms with Crippen LogP contribution in [0.5, 0.6) is 11.5 Å². The highest BCUT2D eigenvalue weighted by molar-refractivity contribution is 5.48. The number of benzene rings is 1. The van der Waals surface area contributed by atoms with Gasteiger partial charge in [-0.3, -0.25) is 0 Å². The molecule has 1 aromatic rings. The van der Waals surface area contributed by atoms with E-state index < -0.39 is 0 Å². The summed E-state index contributed by atoms with van der Waals surface area (Å²) in [4.78, 5) is 0. The SMILES string of the molecule is CNCCC(N)c1cc(OC)c(OC)cc1C. The molecular weight excluding hydrogens is 216 g/mol. The summed E-state index contributed by atoms with van der Waals surface area (Å²) < 4.78 is 10.5. The second-order valence-electron chi connectivity index (χ2n) is 4.06. The van der Waals surface area contributed by atoms with Crippen molar-refractivity contribution in [1.29, 1.82) is 0 Å². The van der Waals surface area contributed by atoms with Crippen molar-refractivity contribution in [3.8, 4) is 11.5 Å². The Morgan fingerprint density at radius 1 is 1.24 bits per heavy atom. The molecule has 0 saturated heterocycles. The lowest BCUT2D eigenvalue weighted by Gasteiger charge is -2.17. The molecule has 0 aliphatic rings. The second-order valence-corrected chi connectivity index (χ2v) is 4.06. The lowest BCUT2D eigenvalue weighted by molar-refractivity contribution is 0.353. The summed E-state index contributed by atoms with van der Waals surface area (Å²) in [6.07, 6.45) is 0.896. The van der Waals surface area contributed by atoms with Gasteiger partial charge < -0.3 is 20.5 Å². The van der Waals surface area contributed by atoms with E-state index in [2.05, 4.69) is 5.32 Å². The summed E-state index contributed by atoms with van der Waals surface area (Å²) in [5, 5.41) is 3.10. The minimum atomic E-state index is 0.0160. The van der Waals surface area contributed by atoms with Crippen molar-refractivity contribution in [2.45, 2.75) is 19.4 Å². The molecule has 0 aliphatic carbocycles. The van der Waals surface area contributed by atoms with E-state index in [1.165, 1.54) is 0 Å². The van der Waals surface area contributed by atoms with Gasteiger partial charge in [-0.25, -0.2) is 0 Å². The van der Waals surface area contributed by atoms with Crippen LogP contribution < -0.4 is 20.5 Å². The second kappa shape index (κ2) is 6.47. The van der Waals surface area contributed by atoms with Crippen LogP contribution in [0.2, 0.25) is 0 Å². The van der Waals surface area contributed by atoms with Crippen LogP contribution in [0, 0.1) is 6.92 Å². The molecule has 0 heterocycles. The lowest BCUT2D eigenvalue weighted by Crippen LogP contribution is -2.18. The summed E-state index contributed by atoms with van der Waals surface area (Å²) in [6, 6.07) is 3.95. The third-order valence-corrected chi connectivity index (χ3v) is 2.88. The standard InChI is InChI=1S/C13H22N2O2/c1-9-7-12(16-3)13(17-4)8-10(9)11(14)5-6-15-2/h7-8,11,15H,5-6,14H2,1-4H3. The van der Waals surface area contributed by atoms with Gasteiger partial charge in [-0.05, 0) is 50.2 Å². The molecule has 0 bridgehead atoms. The normalized spacial score (nSPS) is 12.3. The van der Waals surface area contributed by atoms with E-state index in [1.54, 1.807) is 14.2 Å². The number of nitrogens with two attached hydrogens (primary N) is 1. The Bertz CT molecular complexity index is 367. The first-order chi connectivity index (χ1) is 8.13. The molecule has 17 heavy (non-hydrogen) atoms. The predicted octanol–water partition coefficient (Wildman–Crippen LogP) is 1.62. The van der Waals surface area contributed by atoms with E-state index >= 15 is 0 Å². The molecular formula is C13H22N2O2. The third-order valence-electron chi connectivity index (χ3n) is 2.88. The van der Waals surface area contributed by atoms with Gasteiger partial charge in [-0.1, -0.05) is 0 Å². The van der Waals surface area contributed by atoms with Crippen molar-refractivity contribution in [1.82, 2.24) is 5.32 Å². The van der Waals surface area contributed by atoms with Gasteiger partial charge in [0.15, 0.2) is 11.5 Å². The monoisotopic (exact) mass is 238 g/mol. The van der Waals surface area contributed by atoms with Gasteiger partial charge in [-0.2, -0.15) is 0 Å². The molecule has 0 amide bonds. The van der Waals surface area contributed by atoms with E-state index in [0.717, 1.165) is 35.6 Å². The van der Waals surface area contributed by atoms with Crippen molar-refractivity contribution in [3.63, 3.8) is 0 Å². The summed E-state index contributed by atoms with van der Waals surface area (Å²) in [5.41, 5.74) is 8.40. The molecule has 1 rings (SSSR count). The summed E-state index contributed by atoms with van der Waals surface area (Å²) >= 11 is 0. The van der Waals surface area contributed by atoms with Crippen molar-refractivity contribution >= 4 is 0 Å². The van der Waals surface area contributed by atoms with E-state index in [1.807, 2.05) is 26.1 Å². The Labute approximate surface area is 103 Å². The van der Waals surface area contributed by atoms with Crippen LogP contribution in [0.25, 0.3) is 0 Å².